The van der Waals surface area contributed by atoms with Gasteiger partial charge in [-0.25, -0.2) is 0 Å². The van der Waals surface area contributed by atoms with E-state index >= 15 is 0 Å². The molecule has 0 aromatic rings. The minimum atomic E-state index is -0.0120. The standard InChI is InChI=1S/C15H24N2O2/c1-2-3-4-9-16-14(18)13-6-5-10-17(11-13)15(19)12-7-8-12/h2-3,12-13H,4-11H2,1H3,(H,16,18)/b3-2+. The number of rotatable bonds is 5. The number of piperidine rings is 1. The van der Waals surface area contributed by atoms with Gasteiger partial charge in [-0.2, -0.15) is 0 Å². The second-order valence-corrected chi connectivity index (χ2v) is 5.55. The summed E-state index contributed by atoms with van der Waals surface area (Å²) < 4.78 is 0. The van der Waals surface area contributed by atoms with Gasteiger partial charge in [-0.05, 0) is 39.0 Å². The summed E-state index contributed by atoms with van der Waals surface area (Å²) >= 11 is 0. The van der Waals surface area contributed by atoms with Crippen LogP contribution in [0.4, 0.5) is 0 Å². The summed E-state index contributed by atoms with van der Waals surface area (Å²) in [5, 5.41) is 2.96. The molecule has 0 bridgehead atoms. The highest BCUT2D eigenvalue weighted by atomic mass is 16.2. The lowest BCUT2D eigenvalue weighted by Gasteiger charge is -2.32. The molecule has 0 spiro atoms. The Morgan fingerprint density at radius 1 is 1.26 bits per heavy atom. The van der Waals surface area contributed by atoms with Crippen molar-refractivity contribution in [1.29, 1.82) is 0 Å². The van der Waals surface area contributed by atoms with Crippen LogP contribution < -0.4 is 5.32 Å². The van der Waals surface area contributed by atoms with Gasteiger partial charge >= 0.3 is 0 Å². The topological polar surface area (TPSA) is 49.4 Å². The van der Waals surface area contributed by atoms with Gasteiger partial charge in [0.15, 0.2) is 0 Å². The first-order valence-corrected chi connectivity index (χ1v) is 7.40. The van der Waals surface area contributed by atoms with Crippen LogP contribution in [0.15, 0.2) is 12.2 Å². The van der Waals surface area contributed by atoms with Crippen molar-refractivity contribution in [1.82, 2.24) is 10.2 Å². The number of allylic oxidation sites excluding steroid dienone is 1. The molecule has 4 heteroatoms. The number of carbonyl (C=O) groups excluding carboxylic acids is 2. The maximum atomic E-state index is 12.0. The van der Waals surface area contributed by atoms with Crippen LogP contribution in [0.3, 0.4) is 0 Å². The van der Waals surface area contributed by atoms with E-state index in [0.717, 1.165) is 38.6 Å². The molecule has 4 nitrogen and oxygen atoms in total. The van der Waals surface area contributed by atoms with Gasteiger partial charge in [0.05, 0.1) is 5.92 Å². The molecule has 1 unspecified atom stereocenters. The minimum Gasteiger partial charge on any atom is -0.355 e. The summed E-state index contributed by atoms with van der Waals surface area (Å²) in [6, 6.07) is 0. The van der Waals surface area contributed by atoms with Crippen LogP contribution in [0.2, 0.25) is 0 Å². The molecular formula is C15H24N2O2. The van der Waals surface area contributed by atoms with Crippen LogP contribution in [0, 0.1) is 11.8 Å². The second-order valence-electron chi connectivity index (χ2n) is 5.55. The molecule has 1 saturated heterocycles. The number of nitrogens with zero attached hydrogens (tertiary/aromatic N) is 1. The minimum absolute atomic E-state index is 0.0120. The Bertz CT molecular complexity index is 361. The van der Waals surface area contributed by atoms with Gasteiger partial charge in [0.2, 0.25) is 11.8 Å². The monoisotopic (exact) mass is 264 g/mol. The van der Waals surface area contributed by atoms with E-state index in [1.807, 2.05) is 24.0 Å². The van der Waals surface area contributed by atoms with Crippen LogP contribution in [0.1, 0.15) is 39.0 Å². The molecule has 106 valence electrons. The number of nitrogens with one attached hydrogen (secondary N) is 1. The first-order valence-electron chi connectivity index (χ1n) is 7.40. The second kappa shape index (κ2) is 6.73. The van der Waals surface area contributed by atoms with Gasteiger partial charge < -0.3 is 10.2 Å². The van der Waals surface area contributed by atoms with E-state index in [1.54, 1.807) is 0 Å². The first kappa shape index (κ1) is 14.1. The number of hydrogen-bond acceptors (Lipinski definition) is 2. The van der Waals surface area contributed by atoms with Crippen molar-refractivity contribution in [2.75, 3.05) is 19.6 Å². The summed E-state index contributed by atoms with van der Waals surface area (Å²) in [6.07, 6.45) is 8.84. The van der Waals surface area contributed by atoms with Gasteiger partial charge in [-0.3, -0.25) is 9.59 Å². The molecule has 2 rings (SSSR count). The summed E-state index contributed by atoms with van der Waals surface area (Å²) in [7, 11) is 0. The van der Waals surface area contributed by atoms with E-state index < -0.39 is 0 Å². The fourth-order valence-corrected chi connectivity index (χ4v) is 2.57. The van der Waals surface area contributed by atoms with Crippen molar-refractivity contribution < 1.29 is 9.59 Å². The molecule has 2 aliphatic rings. The lowest BCUT2D eigenvalue weighted by Crippen LogP contribution is -2.46. The summed E-state index contributed by atoms with van der Waals surface area (Å²) in [6.45, 7) is 4.11. The Labute approximate surface area is 115 Å². The predicted octanol–water partition coefficient (Wildman–Crippen LogP) is 1.72. The molecule has 1 aliphatic heterocycles. The summed E-state index contributed by atoms with van der Waals surface area (Å²) in [5.41, 5.74) is 0. The number of carbonyl (C=O) groups is 2. The van der Waals surface area contributed by atoms with Crippen LogP contribution in [-0.2, 0) is 9.59 Å². The Kier molecular flexibility index (Phi) is 5.00. The maximum Gasteiger partial charge on any atom is 0.225 e. The molecule has 2 amide bonds. The van der Waals surface area contributed by atoms with E-state index in [4.69, 9.17) is 0 Å². The fourth-order valence-electron chi connectivity index (χ4n) is 2.57. The van der Waals surface area contributed by atoms with Crippen molar-refractivity contribution in [3.63, 3.8) is 0 Å². The molecule has 19 heavy (non-hydrogen) atoms. The first-order chi connectivity index (χ1) is 9.22. The van der Waals surface area contributed by atoms with Crippen molar-refractivity contribution in [2.45, 2.75) is 39.0 Å². The predicted molar refractivity (Wildman–Crippen MR) is 74.5 cm³/mol. The SMILES string of the molecule is C/C=C/CCNC(=O)C1CCCN(C(=O)C2CC2)C1. The zero-order valence-electron chi connectivity index (χ0n) is 11.7. The smallest absolute Gasteiger partial charge is 0.225 e. The molecule has 1 aliphatic carbocycles. The van der Waals surface area contributed by atoms with Gasteiger partial charge in [0, 0.05) is 25.6 Å². The lowest BCUT2D eigenvalue weighted by molar-refractivity contribution is -0.136. The number of hydrogen-bond donors (Lipinski definition) is 1. The molecule has 1 N–H and O–H groups in total. The van der Waals surface area contributed by atoms with Gasteiger partial charge in [-0.15, -0.1) is 0 Å². The van der Waals surface area contributed by atoms with E-state index in [9.17, 15) is 9.59 Å². The van der Waals surface area contributed by atoms with Crippen LogP contribution in [0.5, 0.6) is 0 Å². The quantitative estimate of drug-likeness (QED) is 0.607. The number of amides is 2. The molecule has 2 fully saturated rings. The highest BCUT2D eigenvalue weighted by Gasteiger charge is 2.36. The molecule has 1 saturated carbocycles. The van der Waals surface area contributed by atoms with E-state index in [2.05, 4.69) is 5.32 Å². The molecule has 0 radical (unpaired) electrons. The third-order valence-electron chi connectivity index (χ3n) is 3.88. The molecule has 0 aromatic carbocycles. The van der Waals surface area contributed by atoms with Crippen LogP contribution in [-0.4, -0.2) is 36.3 Å². The highest BCUT2D eigenvalue weighted by Crippen LogP contribution is 2.32. The van der Waals surface area contributed by atoms with Crippen LogP contribution in [0.25, 0.3) is 0 Å². The van der Waals surface area contributed by atoms with Crippen LogP contribution >= 0.6 is 0 Å². The highest BCUT2D eigenvalue weighted by molar-refractivity contribution is 5.83. The van der Waals surface area contributed by atoms with Gasteiger partial charge in [0.25, 0.3) is 0 Å². The summed E-state index contributed by atoms with van der Waals surface area (Å²) in [4.78, 5) is 26.0. The normalized spacial score (nSPS) is 23.6. The zero-order chi connectivity index (χ0) is 13.7. The average molecular weight is 264 g/mol. The Morgan fingerprint density at radius 3 is 2.74 bits per heavy atom. The van der Waals surface area contributed by atoms with E-state index in [1.165, 1.54) is 0 Å². The maximum absolute atomic E-state index is 12.0. The third kappa shape index (κ3) is 4.08. The summed E-state index contributed by atoms with van der Waals surface area (Å²) in [5.74, 6) is 0.628. The molecule has 1 heterocycles. The van der Waals surface area contributed by atoms with Crippen molar-refractivity contribution >= 4 is 11.8 Å². The van der Waals surface area contributed by atoms with Gasteiger partial charge in [-0.1, -0.05) is 12.2 Å². The van der Waals surface area contributed by atoms with Crippen molar-refractivity contribution in [3.05, 3.63) is 12.2 Å². The van der Waals surface area contributed by atoms with E-state index in [-0.39, 0.29) is 23.7 Å². The van der Waals surface area contributed by atoms with E-state index in [0.29, 0.717) is 13.1 Å². The lowest BCUT2D eigenvalue weighted by atomic mass is 9.96. The van der Waals surface area contributed by atoms with Crippen molar-refractivity contribution in [3.8, 4) is 0 Å². The zero-order valence-corrected chi connectivity index (χ0v) is 11.7. The Hall–Kier alpha value is -1.32. The largest absolute Gasteiger partial charge is 0.355 e. The Morgan fingerprint density at radius 2 is 2.05 bits per heavy atom. The Balaban J connectivity index is 1.76. The molecular weight excluding hydrogens is 240 g/mol. The van der Waals surface area contributed by atoms with Crippen molar-refractivity contribution in [2.24, 2.45) is 11.8 Å². The number of likely N-dealkylation sites (tertiary alicyclic amines) is 1. The third-order valence-corrected chi connectivity index (χ3v) is 3.88. The molecule has 0 aromatic heterocycles. The molecule has 1 atom stereocenters. The van der Waals surface area contributed by atoms with Gasteiger partial charge in [0.1, 0.15) is 0 Å². The average Bonchev–Trinajstić information content (AvgIpc) is 3.27. The fraction of sp³-hybridized carbons (Fsp3) is 0.733.